The van der Waals surface area contributed by atoms with Crippen LogP contribution in [0.15, 0.2) is 11.4 Å². The molecule has 0 saturated carbocycles. The fourth-order valence-electron chi connectivity index (χ4n) is 1.60. The Kier molecular flexibility index (Phi) is 6.64. The maximum absolute atomic E-state index is 5.58. The molecule has 0 aliphatic heterocycles. The van der Waals surface area contributed by atoms with Crippen LogP contribution in [0.25, 0.3) is 0 Å². The monoisotopic (exact) mass is 243 g/mol. The van der Waals surface area contributed by atoms with Crippen LogP contribution in [0.2, 0.25) is 0 Å². The molecule has 1 aromatic heterocycles. The van der Waals surface area contributed by atoms with Gasteiger partial charge >= 0.3 is 0 Å². The molecule has 0 spiro atoms. The first-order valence-electron chi connectivity index (χ1n) is 5.63. The van der Waals surface area contributed by atoms with Gasteiger partial charge in [-0.05, 0) is 30.5 Å². The summed E-state index contributed by atoms with van der Waals surface area (Å²) >= 11 is 1.78. The summed E-state index contributed by atoms with van der Waals surface area (Å²) in [5.41, 5.74) is 1.35. The Morgan fingerprint density at radius 2 is 2.25 bits per heavy atom. The summed E-state index contributed by atoms with van der Waals surface area (Å²) in [6, 6.07) is 2.47. The summed E-state index contributed by atoms with van der Waals surface area (Å²) in [4.78, 5) is 1.36. The summed E-state index contributed by atoms with van der Waals surface area (Å²) in [7, 11) is 1.69. The predicted molar refractivity (Wildman–Crippen MR) is 68.2 cm³/mol. The number of thiophene rings is 1. The smallest absolute Gasteiger partial charge is 0.0701 e. The summed E-state index contributed by atoms with van der Waals surface area (Å²) in [5.74, 6) is 0. The van der Waals surface area contributed by atoms with Crippen molar-refractivity contribution in [3.63, 3.8) is 0 Å². The van der Waals surface area contributed by atoms with E-state index in [2.05, 4.69) is 30.6 Å². The number of hydrogen-bond donors (Lipinski definition) is 1. The van der Waals surface area contributed by atoms with E-state index in [0.29, 0.717) is 25.9 Å². The normalized spacial score (nSPS) is 12.9. The standard InChI is InChI=1S/C12H21NO2S/c1-4-13-12(9-15-7-6-14-3)11-5-8-16-10(11)2/h5,8,12-13H,4,6-7,9H2,1-3H3. The second kappa shape index (κ2) is 7.79. The van der Waals surface area contributed by atoms with E-state index in [1.807, 2.05) is 0 Å². The summed E-state index contributed by atoms with van der Waals surface area (Å²) in [6.07, 6.45) is 0. The molecule has 1 heterocycles. The van der Waals surface area contributed by atoms with Gasteiger partial charge in [-0.25, -0.2) is 0 Å². The lowest BCUT2D eigenvalue weighted by Crippen LogP contribution is -2.26. The second-order valence-electron chi connectivity index (χ2n) is 3.61. The minimum atomic E-state index is 0.299. The number of likely N-dealkylation sites (N-methyl/N-ethyl adjacent to an activating group) is 1. The molecule has 0 fully saturated rings. The predicted octanol–water partition coefficient (Wildman–Crippen LogP) is 2.37. The first-order valence-corrected chi connectivity index (χ1v) is 6.51. The average Bonchev–Trinajstić information content (AvgIpc) is 2.69. The third kappa shape index (κ3) is 4.22. The van der Waals surface area contributed by atoms with Crippen LogP contribution in [0, 0.1) is 6.92 Å². The summed E-state index contributed by atoms with van der Waals surface area (Å²) < 4.78 is 10.5. The van der Waals surface area contributed by atoms with Gasteiger partial charge < -0.3 is 14.8 Å². The molecule has 1 atom stereocenters. The van der Waals surface area contributed by atoms with Gasteiger partial charge in [-0.15, -0.1) is 11.3 Å². The number of rotatable bonds is 8. The van der Waals surface area contributed by atoms with Crippen molar-refractivity contribution in [3.8, 4) is 0 Å². The molecule has 0 aliphatic carbocycles. The van der Waals surface area contributed by atoms with E-state index in [1.165, 1.54) is 10.4 Å². The molecule has 1 aromatic rings. The summed E-state index contributed by atoms with van der Waals surface area (Å²) in [6.45, 7) is 7.23. The topological polar surface area (TPSA) is 30.5 Å². The Balaban J connectivity index is 2.45. The SMILES string of the molecule is CCNC(COCCOC)c1ccsc1C. The molecule has 0 aliphatic rings. The Labute approximate surface area is 102 Å². The van der Waals surface area contributed by atoms with E-state index >= 15 is 0 Å². The van der Waals surface area contributed by atoms with E-state index < -0.39 is 0 Å². The van der Waals surface area contributed by atoms with E-state index in [1.54, 1.807) is 18.4 Å². The number of methoxy groups -OCH3 is 1. The summed E-state index contributed by atoms with van der Waals surface area (Å²) in [5, 5.41) is 5.57. The van der Waals surface area contributed by atoms with Crippen LogP contribution in [0.3, 0.4) is 0 Å². The largest absolute Gasteiger partial charge is 0.382 e. The van der Waals surface area contributed by atoms with Gasteiger partial charge in [-0.2, -0.15) is 0 Å². The maximum Gasteiger partial charge on any atom is 0.0701 e. The number of nitrogens with one attached hydrogen (secondary N) is 1. The minimum Gasteiger partial charge on any atom is -0.382 e. The third-order valence-corrected chi connectivity index (χ3v) is 3.30. The first-order chi connectivity index (χ1) is 7.79. The Morgan fingerprint density at radius 3 is 2.81 bits per heavy atom. The molecular formula is C12H21NO2S. The van der Waals surface area contributed by atoms with Crippen LogP contribution in [0.1, 0.15) is 23.4 Å². The maximum atomic E-state index is 5.58. The van der Waals surface area contributed by atoms with Crippen molar-refractivity contribution in [2.45, 2.75) is 19.9 Å². The highest BCUT2D eigenvalue weighted by molar-refractivity contribution is 7.10. The van der Waals surface area contributed by atoms with Gasteiger partial charge in [0, 0.05) is 12.0 Å². The Morgan fingerprint density at radius 1 is 1.44 bits per heavy atom. The van der Waals surface area contributed by atoms with Crippen LogP contribution in [-0.2, 0) is 9.47 Å². The number of aryl methyl sites for hydroxylation is 1. The zero-order valence-electron chi connectivity index (χ0n) is 10.3. The lowest BCUT2D eigenvalue weighted by Gasteiger charge is -2.18. The van der Waals surface area contributed by atoms with E-state index in [9.17, 15) is 0 Å². The molecule has 1 N–H and O–H groups in total. The van der Waals surface area contributed by atoms with Crippen molar-refractivity contribution >= 4 is 11.3 Å². The molecule has 0 radical (unpaired) electrons. The van der Waals surface area contributed by atoms with E-state index in [0.717, 1.165) is 6.54 Å². The van der Waals surface area contributed by atoms with Gasteiger partial charge in [-0.3, -0.25) is 0 Å². The second-order valence-corrected chi connectivity index (χ2v) is 4.73. The Bertz CT molecular complexity index is 288. The number of hydrogen-bond acceptors (Lipinski definition) is 4. The molecule has 16 heavy (non-hydrogen) atoms. The third-order valence-electron chi connectivity index (χ3n) is 2.44. The van der Waals surface area contributed by atoms with E-state index in [4.69, 9.17) is 9.47 Å². The van der Waals surface area contributed by atoms with Crippen LogP contribution < -0.4 is 5.32 Å². The molecule has 1 unspecified atom stereocenters. The molecule has 4 heteroatoms. The van der Waals surface area contributed by atoms with Crippen LogP contribution in [-0.4, -0.2) is 33.5 Å². The highest BCUT2D eigenvalue weighted by atomic mass is 32.1. The molecule has 0 bridgehead atoms. The molecule has 0 saturated heterocycles. The van der Waals surface area contributed by atoms with Crippen molar-refractivity contribution in [3.05, 3.63) is 21.9 Å². The average molecular weight is 243 g/mol. The highest BCUT2D eigenvalue weighted by Crippen LogP contribution is 2.22. The van der Waals surface area contributed by atoms with Crippen LogP contribution in [0.4, 0.5) is 0 Å². The number of ether oxygens (including phenoxy) is 2. The lowest BCUT2D eigenvalue weighted by molar-refractivity contribution is 0.0588. The Hall–Kier alpha value is -0.420. The van der Waals surface area contributed by atoms with E-state index in [-0.39, 0.29) is 0 Å². The molecule has 0 aromatic carbocycles. The molecule has 0 amide bonds. The van der Waals surface area contributed by atoms with Gasteiger partial charge in [0.15, 0.2) is 0 Å². The van der Waals surface area contributed by atoms with Crippen molar-refractivity contribution in [2.24, 2.45) is 0 Å². The van der Waals surface area contributed by atoms with Crippen molar-refractivity contribution < 1.29 is 9.47 Å². The van der Waals surface area contributed by atoms with Gasteiger partial charge in [0.1, 0.15) is 0 Å². The van der Waals surface area contributed by atoms with Gasteiger partial charge in [-0.1, -0.05) is 6.92 Å². The molecule has 3 nitrogen and oxygen atoms in total. The van der Waals surface area contributed by atoms with Gasteiger partial charge in [0.2, 0.25) is 0 Å². The molecule has 92 valence electrons. The van der Waals surface area contributed by atoms with Crippen molar-refractivity contribution in [2.75, 3.05) is 33.5 Å². The van der Waals surface area contributed by atoms with Crippen LogP contribution in [0.5, 0.6) is 0 Å². The van der Waals surface area contributed by atoms with Crippen LogP contribution >= 0.6 is 11.3 Å². The molecular weight excluding hydrogens is 222 g/mol. The van der Waals surface area contributed by atoms with Gasteiger partial charge in [0.25, 0.3) is 0 Å². The zero-order chi connectivity index (χ0) is 11.8. The molecule has 1 rings (SSSR count). The lowest BCUT2D eigenvalue weighted by atomic mass is 10.1. The van der Waals surface area contributed by atoms with Gasteiger partial charge in [0.05, 0.1) is 25.9 Å². The minimum absolute atomic E-state index is 0.299. The fourth-order valence-corrected chi connectivity index (χ4v) is 2.37. The van der Waals surface area contributed by atoms with Crippen molar-refractivity contribution in [1.29, 1.82) is 0 Å². The fraction of sp³-hybridized carbons (Fsp3) is 0.667. The quantitative estimate of drug-likeness (QED) is 0.711. The van der Waals surface area contributed by atoms with Crippen molar-refractivity contribution in [1.82, 2.24) is 5.32 Å². The zero-order valence-corrected chi connectivity index (χ0v) is 11.1. The highest BCUT2D eigenvalue weighted by Gasteiger charge is 2.13. The first kappa shape index (κ1) is 13.6.